The van der Waals surface area contributed by atoms with Crippen molar-refractivity contribution in [1.82, 2.24) is 4.98 Å². The summed E-state index contributed by atoms with van der Waals surface area (Å²) < 4.78 is 0. The van der Waals surface area contributed by atoms with Gasteiger partial charge in [-0.25, -0.2) is 0 Å². The minimum atomic E-state index is 0.339. The molecule has 0 bridgehead atoms. The monoisotopic (exact) mass is 333 g/mol. The van der Waals surface area contributed by atoms with E-state index in [0.717, 1.165) is 17.8 Å². The molecule has 5 atom stereocenters. The van der Waals surface area contributed by atoms with Crippen LogP contribution >= 0.6 is 0 Å². The topological polar surface area (TPSA) is 12.9 Å². The fraction of sp³-hybridized carbons (Fsp3) is 0.625. The Bertz CT molecular complexity index is 730. The Kier molecular flexibility index (Phi) is 3.53. The predicted octanol–water partition coefficient (Wildman–Crippen LogP) is 6.43. The van der Waals surface area contributed by atoms with Gasteiger partial charge < -0.3 is 0 Å². The normalized spacial score (nSPS) is 42.7. The van der Waals surface area contributed by atoms with E-state index in [0.29, 0.717) is 10.8 Å². The number of aromatic nitrogens is 1. The van der Waals surface area contributed by atoms with Crippen LogP contribution in [0.3, 0.4) is 0 Å². The largest absolute Gasteiger partial charge is 0.257 e. The summed E-state index contributed by atoms with van der Waals surface area (Å²) in [5, 5.41) is 0. The zero-order valence-electron chi connectivity index (χ0n) is 15.8. The summed E-state index contributed by atoms with van der Waals surface area (Å²) in [5.41, 5.74) is 5.43. The van der Waals surface area contributed by atoms with Gasteiger partial charge in [0.05, 0.1) is 5.69 Å². The van der Waals surface area contributed by atoms with Crippen LogP contribution in [0, 0.1) is 28.6 Å². The van der Waals surface area contributed by atoms with Crippen LogP contribution in [0.25, 0.3) is 5.57 Å². The maximum absolute atomic E-state index is 4.70. The van der Waals surface area contributed by atoms with Crippen molar-refractivity contribution in [2.75, 3.05) is 0 Å². The van der Waals surface area contributed by atoms with Crippen molar-refractivity contribution >= 4 is 5.57 Å². The van der Waals surface area contributed by atoms with E-state index in [2.05, 4.69) is 38.1 Å². The van der Waals surface area contributed by atoms with Gasteiger partial charge in [0.1, 0.15) is 0 Å². The molecule has 0 N–H and O–H groups in total. The third-order valence-electron chi connectivity index (χ3n) is 8.54. The van der Waals surface area contributed by atoms with Crippen LogP contribution in [0.5, 0.6) is 0 Å². The fourth-order valence-corrected chi connectivity index (χ4v) is 7.18. The number of fused-ring (bicyclic) bond motifs is 5. The van der Waals surface area contributed by atoms with Gasteiger partial charge in [0.15, 0.2) is 0 Å². The molecule has 4 aliphatic carbocycles. The molecule has 5 rings (SSSR count). The first-order valence-corrected chi connectivity index (χ1v) is 10.4. The van der Waals surface area contributed by atoms with Crippen LogP contribution in [0.1, 0.15) is 70.9 Å². The number of nitrogens with zero attached hydrogens (tertiary/aromatic N) is 1. The molecule has 1 heterocycles. The Morgan fingerprint density at radius 1 is 0.960 bits per heavy atom. The van der Waals surface area contributed by atoms with Crippen LogP contribution in [0.4, 0.5) is 0 Å². The molecule has 0 aliphatic heterocycles. The number of rotatable bonds is 1. The van der Waals surface area contributed by atoms with Crippen molar-refractivity contribution in [1.29, 1.82) is 0 Å². The predicted molar refractivity (Wildman–Crippen MR) is 104 cm³/mol. The first kappa shape index (κ1) is 15.9. The molecular formula is C24H31N. The van der Waals surface area contributed by atoms with Crippen LogP contribution in [0.2, 0.25) is 0 Å². The second-order valence-corrected chi connectivity index (χ2v) is 9.49. The lowest BCUT2D eigenvalue weighted by Gasteiger charge is -2.57. The Morgan fingerprint density at radius 3 is 2.72 bits per heavy atom. The number of hydrogen-bond donors (Lipinski definition) is 0. The van der Waals surface area contributed by atoms with Crippen LogP contribution in [-0.2, 0) is 0 Å². The molecule has 1 aromatic rings. The van der Waals surface area contributed by atoms with Gasteiger partial charge >= 0.3 is 0 Å². The lowest BCUT2D eigenvalue weighted by atomic mass is 9.47. The maximum Gasteiger partial charge on any atom is 0.0664 e. The summed E-state index contributed by atoms with van der Waals surface area (Å²) in [6.45, 7) is 5.16. The summed E-state index contributed by atoms with van der Waals surface area (Å²) in [4.78, 5) is 4.70. The molecule has 25 heavy (non-hydrogen) atoms. The van der Waals surface area contributed by atoms with Crippen molar-refractivity contribution in [2.24, 2.45) is 28.6 Å². The highest BCUT2D eigenvalue weighted by molar-refractivity contribution is 5.70. The molecule has 1 heteroatoms. The van der Waals surface area contributed by atoms with Crippen LogP contribution in [-0.4, -0.2) is 4.98 Å². The number of allylic oxidation sites excluding steroid dienone is 4. The molecule has 132 valence electrons. The third kappa shape index (κ3) is 2.17. The second kappa shape index (κ2) is 5.56. The molecule has 0 saturated heterocycles. The van der Waals surface area contributed by atoms with E-state index < -0.39 is 0 Å². The minimum absolute atomic E-state index is 0.339. The Balaban J connectivity index is 1.49. The molecule has 0 amide bonds. The van der Waals surface area contributed by atoms with E-state index >= 15 is 0 Å². The van der Waals surface area contributed by atoms with Crippen molar-refractivity contribution < 1.29 is 0 Å². The highest BCUT2D eigenvalue weighted by Crippen LogP contribution is 2.66. The first-order valence-electron chi connectivity index (χ1n) is 10.4. The summed E-state index contributed by atoms with van der Waals surface area (Å²) in [7, 11) is 0. The highest BCUT2D eigenvalue weighted by atomic mass is 14.7. The Hall–Kier alpha value is -1.37. The quantitative estimate of drug-likeness (QED) is 0.540. The average Bonchev–Trinajstić information content (AvgIpc) is 2.99. The summed E-state index contributed by atoms with van der Waals surface area (Å²) >= 11 is 0. The molecule has 1 nitrogen and oxygen atoms in total. The molecule has 2 saturated carbocycles. The van der Waals surface area contributed by atoms with Gasteiger partial charge in [-0.1, -0.05) is 44.1 Å². The van der Waals surface area contributed by atoms with Crippen molar-refractivity contribution in [2.45, 2.75) is 65.2 Å². The van der Waals surface area contributed by atoms with Crippen LogP contribution in [0.15, 0.2) is 42.1 Å². The van der Waals surface area contributed by atoms with E-state index in [-0.39, 0.29) is 0 Å². The maximum atomic E-state index is 4.70. The SMILES string of the molecule is C[C@]12CCCCC1=CCC1C2CC[C@]2(C)C(c3ccccn3)=CCC12. The summed E-state index contributed by atoms with van der Waals surface area (Å²) in [6, 6.07) is 6.39. The molecule has 0 aromatic carbocycles. The molecular weight excluding hydrogens is 302 g/mol. The smallest absolute Gasteiger partial charge is 0.0664 e. The van der Waals surface area contributed by atoms with E-state index in [1.165, 1.54) is 57.1 Å². The summed E-state index contributed by atoms with van der Waals surface area (Å²) in [6.07, 6.45) is 18.2. The lowest BCUT2D eigenvalue weighted by molar-refractivity contribution is -0.00987. The third-order valence-corrected chi connectivity index (χ3v) is 8.54. The molecule has 0 spiro atoms. The van der Waals surface area contributed by atoms with E-state index in [1.54, 1.807) is 5.57 Å². The van der Waals surface area contributed by atoms with E-state index in [1.807, 2.05) is 17.8 Å². The van der Waals surface area contributed by atoms with Gasteiger partial charge in [-0.15, -0.1) is 0 Å². The zero-order valence-corrected chi connectivity index (χ0v) is 15.8. The van der Waals surface area contributed by atoms with E-state index in [4.69, 9.17) is 4.98 Å². The molecule has 2 fully saturated rings. The number of hydrogen-bond acceptors (Lipinski definition) is 1. The molecule has 1 aromatic heterocycles. The number of pyridine rings is 1. The summed E-state index contributed by atoms with van der Waals surface area (Å²) in [5.74, 6) is 2.62. The Morgan fingerprint density at radius 2 is 1.88 bits per heavy atom. The van der Waals surface area contributed by atoms with Gasteiger partial charge in [0, 0.05) is 6.20 Å². The van der Waals surface area contributed by atoms with Crippen molar-refractivity contribution in [3.63, 3.8) is 0 Å². The van der Waals surface area contributed by atoms with Gasteiger partial charge in [-0.3, -0.25) is 4.98 Å². The lowest BCUT2D eigenvalue weighted by Crippen LogP contribution is -2.48. The standard InChI is InChI=1S/C24H31N/c1-23-14-5-3-7-17(23)9-10-18-19-11-12-21(22-8-4-6-16-25-22)24(19,2)15-13-20(18)23/h4,6,8-9,12,16,18-20H,3,5,7,10-11,13-15H2,1-2H3/t18?,19?,20?,23-,24-/m0/s1. The molecule has 4 aliphatic rings. The minimum Gasteiger partial charge on any atom is -0.257 e. The van der Waals surface area contributed by atoms with E-state index in [9.17, 15) is 0 Å². The average molecular weight is 334 g/mol. The van der Waals surface area contributed by atoms with Gasteiger partial charge in [-0.2, -0.15) is 0 Å². The molecule has 0 radical (unpaired) electrons. The first-order chi connectivity index (χ1) is 12.1. The van der Waals surface area contributed by atoms with Gasteiger partial charge in [0.2, 0.25) is 0 Å². The van der Waals surface area contributed by atoms with Crippen molar-refractivity contribution in [3.8, 4) is 0 Å². The zero-order chi connectivity index (χ0) is 17.1. The second-order valence-electron chi connectivity index (χ2n) is 9.49. The van der Waals surface area contributed by atoms with Crippen LogP contribution < -0.4 is 0 Å². The molecule has 3 unspecified atom stereocenters. The van der Waals surface area contributed by atoms with Gasteiger partial charge in [-0.05, 0) is 91.2 Å². The fourth-order valence-electron chi connectivity index (χ4n) is 7.18. The Labute approximate surface area is 152 Å². The van der Waals surface area contributed by atoms with Crippen molar-refractivity contribution in [3.05, 3.63) is 47.8 Å². The van der Waals surface area contributed by atoms with Gasteiger partial charge in [0.25, 0.3) is 0 Å². The highest BCUT2D eigenvalue weighted by Gasteiger charge is 2.56.